The van der Waals surface area contributed by atoms with Gasteiger partial charge in [-0.3, -0.25) is 4.99 Å². The molecule has 0 radical (unpaired) electrons. The van der Waals surface area contributed by atoms with E-state index in [0.717, 1.165) is 16.7 Å². The van der Waals surface area contributed by atoms with E-state index in [-0.39, 0.29) is 12.4 Å². The molecule has 0 aromatic heterocycles. The van der Waals surface area contributed by atoms with E-state index in [1.54, 1.807) is 7.05 Å². The van der Waals surface area contributed by atoms with Gasteiger partial charge in [-0.15, -0.1) is 12.4 Å². The zero-order valence-corrected chi connectivity index (χ0v) is 12.8. The highest BCUT2D eigenvalue weighted by atomic mass is 79.9. The summed E-state index contributed by atoms with van der Waals surface area (Å²) in [5.41, 5.74) is 1.25. The number of benzene rings is 2. The Kier molecular flexibility index (Phi) is 5.63. The van der Waals surface area contributed by atoms with E-state index in [9.17, 15) is 0 Å². The van der Waals surface area contributed by atoms with Gasteiger partial charge in [0.15, 0.2) is 0 Å². The van der Waals surface area contributed by atoms with Crippen LogP contribution in [-0.4, -0.2) is 19.9 Å². The van der Waals surface area contributed by atoms with Gasteiger partial charge < -0.3 is 5.32 Å². The van der Waals surface area contributed by atoms with E-state index in [1.807, 2.05) is 7.05 Å². The van der Waals surface area contributed by atoms with E-state index in [2.05, 4.69) is 62.6 Å². The Morgan fingerprint density at radius 1 is 1.22 bits per heavy atom. The van der Waals surface area contributed by atoms with Crippen molar-refractivity contribution in [1.29, 1.82) is 0 Å². The molecule has 0 saturated carbocycles. The van der Waals surface area contributed by atoms with Crippen LogP contribution in [0.4, 0.5) is 0 Å². The number of likely N-dealkylation sites (N-methyl/N-ethyl adjacent to an activating group) is 1. The minimum absolute atomic E-state index is 0. The van der Waals surface area contributed by atoms with Crippen LogP contribution in [0, 0.1) is 0 Å². The van der Waals surface area contributed by atoms with E-state index < -0.39 is 0 Å². The van der Waals surface area contributed by atoms with Crippen molar-refractivity contribution in [2.24, 2.45) is 4.99 Å². The molecule has 2 rings (SSSR count). The number of amidine groups is 1. The number of halogens is 2. The normalized spacial score (nSPS) is 11.2. The standard InChI is InChI=1S/C14H15BrN2.ClH/c1-16-13(17-2)9-11-8-7-10-5-3-4-6-12(10)14(11)15;/h3-8H,9H2,1-2H3,(H,16,17);1H. The number of fused-ring (bicyclic) bond motifs is 1. The van der Waals surface area contributed by atoms with Gasteiger partial charge in [0, 0.05) is 25.0 Å². The molecule has 0 amide bonds. The molecule has 2 aromatic carbocycles. The highest BCUT2D eigenvalue weighted by Gasteiger charge is 2.06. The smallest absolute Gasteiger partial charge is 0.100 e. The minimum atomic E-state index is 0. The minimum Gasteiger partial charge on any atom is -0.377 e. The predicted molar refractivity (Wildman–Crippen MR) is 85.0 cm³/mol. The van der Waals surface area contributed by atoms with Gasteiger partial charge in [-0.25, -0.2) is 0 Å². The summed E-state index contributed by atoms with van der Waals surface area (Å²) in [6.45, 7) is 0. The molecule has 0 bridgehead atoms. The number of aliphatic imine (C=N–C) groups is 1. The average Bonchev–Trinajstić information content (AvgIpc) is 2.38. The van der Waals surface area contributed by atoms with Crippen LogP contribution in [0.5, 0.6) is 0 Å². The lowest BCUT2D eigenvalue weighted by Crippen LogP contribution is -2.20. The summed E-state index contributed by atoms with van der Waals surface area (Å²) in [5.74, 6) is 0.987. The van der Waals surface area contributed by atoms with Gasteiger partial charge in [-0.1, -0.05) is 36.4 Å². The summed E-state index contributed by atoms with van der Waals surface area (Å²) in [5, 5.41) is 5.60. The number of rotatable bonds is 2. The zero-order valence-electron chi connectivity index (χ0n) is 10.4. The molecule has 1 N–H and O–H groups in total. The summed E-state index contributed by atoms with van der Waals surface area (Å²) in [6.07, 6.45) is 0.818. The van der Waals surface area contributed by atoms with Crippen molar-refractivity contribution in [1.82, 2.24) is 5.32 Å². The molecule has 0 heterocycles. The van der Waals surface area contributed by atoms with E-state index >= 15 is 0 Å². The van der Waals surface area contributed by atoms with Crippen molar-refractivity contribution in [3.05, 3.63) is 46.4 Å². The quantitative estimate of drug-likeness (QED) is 0.658. The molecule has 0 spiro atoms. The van der Waals surface area contributed by atoms with Crippen molar-refractivity contribution < 1.29 is 0 Å². The van der Waals surface area contributed by atoms with Gasteiger partial charge in [-0.2, -0.15) is 0 Å². The SMILES string of the molecule is CN=C(Cc1ccc2ccccc2c1Br)NC.Cl. The van der Waals surface area contributed by atoms with E-state index in [0.29, 0.717) is 0 Å². The highest BCUT2D eigenvalue weighted by molar-refractivity contribution is 9.10. The lowest BCUT2D eigenvalue weighted by molar-refractivity contribution is 1.08. The predicted octanol–water partition coefficient (Wildman–Crippen LogP) is 3.81. The second-order valence-electron chi connectivity index (χ2n) is 3.86. The first-order chi connectivity index (χ1) is 8.26. The largest absolute Gasteiger partial charge is 0.377 e. The highest BCUT2D eigenvalue weighted by Crippen LogP contribution is 2.27. The first-order valence-electron chi connectivity index (χ1n) is 5.55. The molecule has 0 atom stereocenters. The average molecular weight is 328 g/mol. The molecule has 0 aliphatic heterocycles. The summed E-state index contributed by atoms with van der Waals surface area (Å²) in [6, 6.07) is 12.7. The van der Waals surface area contributed by atoms with E-state index in [1.165, 1.54) is 16.3 Å². The van der Waals surface area contributed by atoms with Crippen molar-refractivity contribution in [2.45, 2.75) is 6.42 Å². The van der Waals surface area contributed by atoms with Crippen molar-refractivity contribution in [3.8, 4) is 0 Å². The molecule has 0 unspecified atom stereocenters. The Hall–Kier alpha value is -1.06. The van der Waals surface area contributed by atoms with Crippen LogP contribution in [0.3, 0.4) is 0 Å². The van der Waals surface area contributed by atoms with Crippen LogP contribution in [0.25, 0.3) is 10.8 Å². The molecule has 4 heteroatoms. The fourth-order valence-corrected chi connectivity index (χ4v) is 2.51. The third-order valence-corrected chi connectivity index (χ3v) is 3.80. The maximum atomic E-state index is 4.21. The molecular formula is C14H16BrClN2. The molecule has 0 aliphatic carbocycles. The maximum absolute atomic E-state index is 4.21. The third kappa shape index (κ3) is 3.03. The lowest BCUT2D eigenvalue weighted by Gasteiger charge is -2.09. The van der Waals surface area contributed by atoms with Crippen LogP contribution in [0.1, 0.15) is 5.56 Å². The summed E-state index contributed by atoms with van der Waals surface area (Å²) < 4.78 is 1.16. The van der Waals surface area contributed by atoms with Crippen LogP contribution in [-0.2, 0) is 6.42 Å². The van der Waals surface area contributed by atoms with Gasteiger partial charge in [0.05, 0.1) is 0 Å². The fraction of sp³-hybridized carbons (Fsp3) is 0.214. The number of hydrogen-bond acceptors (Lipinski definition) is 1. The molecule has 0 saturated heterocycles. The summed E-state index contributed by atoms with van der Waals surface area (Å²) in [4.78, 5) is 4.21. The molecule has 2 aromatic rings. The summed E-state index contributed by atoms with van der Waals surface area (Å²) >= 11 is 3.69. The Morgan fingerprint density at radius 2 is 1.94 bits per heavy atom. The number of nitrogens with zero attached hydrogens (tertiary/aromatic N) is 1. The zero-order chi connectivity index (χ0) is 12.3. The Bertz CT molecular complexity index is 567. The van der Waals surface area contributed by atoms with Crippen LogP contribution in [0.15, 0.2) is 45.9 Å². The Labute approximate surface area is 122 Å². The fourth-order valence-electron chi connectivity index (χ4n) is 1.87. The molecule has 0 aliphatic rings. The molecule has 18 heavy (non-hydrogen) atoms. The van der Waals surface area contributed by atoms with Gasteiger partial charge in [0.25, 0.3) is 0 Å². The Morgan fingerprint density at radius 3 is 2.61 bits per heavy atom. The second kappa shape index (κ2) is 6.76. The van der Waals surface area contributed by atoms with Crippen LogP contribution >= 0.6 is 28.3 Å². The van der Waals surface area contributed by atoms with Gasteiger partial charge in [0.2, 0.25) is 0 Å². The first kappa shape index (κ1) is 15.0. The topological polar surface area (TPSA) is 24.4 Å². The van der Waals surface area contributed by atoms with Crippen LogP contribution < -0.4 is 5.32 Å². The molecule has 2 nitrogen and oxygen atoms in total. The number of nitrogens with one attached hydrogen (secondary N) is 1. The Balaban J connectivity index is 0.00000162. The molecule has 0 fully saturated rings. The van der Waals surface area contributed by atoms with Gasteiger partial charge >= 0.3 is 0 Å². The second-order valence-corrected chi connectivity index (χ2v) is 4.65. The number of hydrogen-bond donors (Lipinski definition) is 1. The molecular weight excluding hydrogens is 312 g/mol. The lowest BCUT2D eigenvalue weighted by atomic mass is 10.0. The summed E-state index contributed by atoms with van der Waals surface area (Å²) in [7, 11) is 3.71. The van der Waals surface area contributed by atoms with Crippen molar-refractivity contribution >= 4 is 44.9 Å². The molecule has 96 valence electrons. The third-order valence-electron chi connectivity index (χ3n) is 2.86. The monoisotopic (exact) mass is 326 g/mol. The van der Waals surface area contributed by atoms with Gasteiger partial charge in [-0.05, 0) is 32.3 Å². The van der Waals surface area contributed by atoms with Gasteiger partial charge in [0.1, 0.15) is 5.84 Å². The van der Waals surface area contributed by atoms with Crippen molar-refractivity contribution in [3.63, 3.8) is 0 Å². The first-order valence-corrected chi connectivity index (χ1v) is 6.35. The van der Waals surface area contributed by atoms with Crippen molar-refractivity contribution in [2.75, 3.05) is 14.1 Å². The van der Waals surface area contributed by atoms with Crippen LogP contribution in [0.2, 0.25) is 0 Å². The van der Waals surface area contributed by atoms with E-state index in [4.69, 9.17) is 0 Å². The maximum Gasteiger partial charge on any atom is 0.100 e.